The number of thioether (sulfide) groups is 1. The number of thiocarbonyl (C=S) groups is 1. The Morgan fingerprint density at radius 1 is 1.59 bits per heavy atom. The average Bonchev–Trinajstić information content (AvgIpc) is 2.79. The highest BCUT2D eigenvalue weighted by molar-refractivity contribution is 9.11. The van der Waals surface area contributed by atoms with Crippen molar-refractivity contribution in [3.8, 4) is 0 Å². The van der Waals surface area contributed by atoms with Crippen LogP contribution in [0.1, 0.15) is 5.56 Å². The van der Waals surface area contributed by atoms with Crippen LogP contribution in [-0.4, -0.2) is 21.7 Å². The summed E-state index contributed by atoms with van der Waals surface area (Å²) in [5, 5.41) is 1.99. The zero-order valence-electron chi connectivity index (χ0n) is 8.68. The summed E-state index contributed by atoms with van der Waals surface area (Å²) >= 11 is 11.5. The molecular weight excluding hydrogens is 338 g/mol. The molecule has 2 rings (SSSR count). The van der Waals surface area contributed by atoms with Gasteiger partial charge >= 0.3 is 0 Å². The van der Waals surface area contributed by atoms with E-state index in [1.807, 2.05) is 17.5 Å². The lowest BCUT2D eigenvalue weighted by atomic mass is 10.3. The van der Waals surface area contributed by atoms with E-state index in [4.69, 9.17) is 12.2 Å². The van der Waals surface area contributed by atoms with E-state index in [2.05, 4.69) is 22.5 Å². The summed E-state index contributed by atoms with van der Waals surface area (Å²) in [6.07, 6.45) is 3.54. The molecule has 88 valence electrons. The molecule has 0 radical (unpaired) electrons. The van der Waals surface area contributed by atoms with Gasteiger partial charge in [-0.1, -0.05) is 30.1 Å². The van der Waals surface area contributed by atoms with Gasteiger partial charge in [-0.2, -0.15) is 0 Å². The molecule has 0 bridgehead atoms. The fraction of sp³-hybridized carbons (Fsp3) is 0.0909. The number of hydrogen-bond acceptors (Lipinski definition) is 4. The molecule has 0 saturated carbocycles. The molecule has 0 aliphatic carbocycles. The minimum absolute atomic E-state index is 0.0396. The minimum Gasteiger partial charge on any atom is -0.289 e. The number of carbonyl (C=O) groups excluding carboxylic acids is 1. The van der Waals surface area contributed by atoms with Crippen LogP contribution in [-0.2, 0) is 4.79 Å². The molecule has 2 heterocycles. The third-order valence-electron chi connectivity index (χ3n) is 2.07. The summed E-state index contributed by atoms with van der Waals surface area (Å²) in [7, 11) is 0. The summed E-state index contributed by atoms with van der Waals surface area (Å²) in [5.74, 6) is -0.0396. The van der Waals surface area contributed by atoms with E-state index >= 15 is 0 Å². The molecule has 17 heavy (non-hydrogen) atoms. The van der Waals surface area contributed by atoms with Crippen molar-refractivity contribution in [2.24, 2.45) is 0 Å². The molecule has 1 aromatic rings. The third kappa shape index (κ3) is 2.88. The standard InChI is InChI=1S/C11H8BrNOS3/c1-2-3-13-10(14)8(17-11(13)15)4-7-5-9(12)16-6-7/h2,4-6H,1,3H2/b8-4-. The van der Waals surface area contributed by atoms with Gasteiger partial charge in [0.1, 0.15) is 4.32 Å². The molecule has 0 unspecified atom stereocenters. The second-order valence-electron chi connectivity index (χ2n) is 3.27. The molecule has 1 saturated heterocycles. The van der Waals surface area contributed by atoms with Gasteiger partial charge in [-0.15, -0.1) is 17.9 Å². The predicted octanol–water partition coefficient (Wildman–Crippen LogP) is 3.90. The van der Waals surface area contributed by atoms with Crippen molar-refractivity contribution >= 4 is 67.6 Å². The Kier molecular flexibility index (Phi) is 4.19. The van der Waals surface area contributed by atoms with Crippen LogP contribution in [0.15, 0.2) is 32.8 Å². The van der Waals surface area contributed by atoms with Crippen LogP contribution in [0.25, 0.3) is 6.08 Å². The number of carbonyl (C=O) groups is 1. The van der Waals surface area contributed by atoms with Gasteiger partial charge in [0.15, 0.2) is 0 Å². The Hall–Kier alpha value is -0.430. The molecule has 1 aliphatic rings. The van der Waals surface area contributed by atoms with Gasteiger partial charge in [0.05, 0.1) is 8.69 Å². The SMILES string of the molecule is C=CCN1C(=O)/C(=C/c2csc(Br)c2)SC1=S. The molecule has 1 amide bonds. The van der Waals surface area contributed by atoms with Gasteiger partial charge in [-0.3, -0.25) is 9.69 Å². The Morgan fingerprint density at radius 2 is 2.35 bits per heavy atom. The van der Waals surface area contributed by atoms with E-state index in [0.717, 1.165) is 9.35 Å². The molecule has 6 heteroatoms. The molecule has 1 aliphatic heterocycles. The smallest absolute Gasteiger partial charge is 0.266 e. The van der Waals surface area contributed by atoms with Crippen molar-refractivity contribution in [1.82, 2.24) is 4.90 Å². The summed E-state index contributed by atoms with van der Waals surface area (Å²) in [5.41, 5.74) is 1.01. The number of rotatable bonds is 3. The van der Waals surface area contributed by atoms with Crippen LogP contribution in [0, 0.1) is 0 Å². The first-order valence-corrected chi connectivity index (χ1v) is 7.62. The van der Waals surface area contributed by atoms with Crippen molar-refractivity contribution in [1.29, 1.82) is 0 Å². The molecule has 1 fully saturated rings. The number of thiophene rings is 1. The Labute approximate surface area is 122 Å². The van der Waals surface area contributed by atoms with Gasteiger partial charge in [0.25, 0.3) is 5.91 Å². The van der Waals surface area contributed by atoms with Crippen LogP contribution in [0.4, 0.5) is 0 Å². The van der Waals surface area contributed by atoms with E-state index in [-0.39, 0.29) is 5.91 Å². The average molecular weight is 346 g/mol. The first-order valence-electron chi connectivity index (χ1n) is 4.72. The Morgan fingerprint density at radius 3 is 2.94 bits per heavy atom. The number of hydrogen-bond donors (Lipinski definition) is 0. The molecular formula is C11H8BrNOS3. The quantitative estimate of drug-likeness (QED) is 0.470. The van der Waals surface area contributed by atoms with Crippen molar-refractivity contribution in [3.05, 3.63) is 38.4 Å². The molecule has 1 aromatic heterocycles. The second kappa shape index (κ2) is 5.48. The molecule has 2 nitrogen and oxygen atoms in total. The first-order chi connectivity index (χ1) is 8.11. The van der Waals surface area contributed by atoms with Crippen LogP contribution in [0.5, 0.6) is 0 Å². The van der Waals surface area contributed by atoms with Gasteiger partial charge in [-0.05, 0) is 39.0 Å². The van der Waals surface area contributed by atoms with E-state index < -0.39 is 0 Å². The minimum atomic E-state index is -0.0396. The van der Waals surface area contributed by atoms with Gasteiger partial charge in [0, 0.05) is 6.54 Å². The Balaban J connectivity index is 2.24. The molecule has 0 N–H and O–H groups in total. The van der Waals surface area contributed by atoms with Crippen molar-refractivity contribution < 1.29 is 4.79 Å². The van der Waals surface area contributed by atoms with Crippen molar-refractivity contribution in [3.63, 3.8) is 0 Å². The fourth-order valence-corrected chi connectivity index (χ4v) is 3.75. The summed E-state index contributed by atoms with van der Waals surface area (Å²) < 4.78 is 1.64. The number of halogens is 1. The number of nitrogens with zero attached hydrogens (tertiary/aromatic N) is 1. The van der Waals surface area contributed by atoms with Crippen molar-refractivity contribution in [2.45, 2.75) is 0 Å². The molecule has 0 aromatic carbocycles. The topological polar surface area (TPSA) is 20.3 Å². The lowest BCUT2D eigenvalue weighted by Crippen LogP contribution is -2.27. The molecule has 0 spiro atoms. The van der Waals surface area contributed by atoms with E-state index in [1.165, 1.54) is 11.8 Å². The summed E-state index contributed by atoms with van der Waals surface area (Å²) in [6.45, 7) is 4.09. The first kappa shape index (κ1) is 13.0. The predicted molar refractivity (Wildman–Crippen MR) is 82.1 cm³/mol. The Bertz CT molecular complexity index is 521. The fourth-order valence-electron chi connectivity index (χ4n) is 1.34. The molecule has 0 atom stereocenters. The maximum atomic E-state index is 12.0. The lowest BCUT2D eigenvalue weighted by Gasteiger charge is -2.10. The van der Waals surface area contributed by atoms with E-state index in [9.17, 15) is 4.79 Å². The van der Waals surface area contributed by atoms with E-state index in [0.29, 0.717) is 15.8 Å². The van der Waals surface area contributed by atoms with Gasteiger partial charge in [-0.25, -0.2) is 0 Å². The lowest BCUT2D eigenvalue weighted by molar-refractivity contribution is -0.121. The number of amides is 1. The normalized spacial score (nSPS) is 18.2. The zero-order chi connectivity index (χ0) is 12.4. The largest absolute Gasteiger partial charge is 0.289 e. The van der Waals surface area contributed by atoms with Gasteiger partial charge < -0.3 is 0 Å². The van der Waals surface area contributed by atoms with Gasteiger partial charge in [0.2, 0.25) is 0 Å². The summed E-state index contributed by atoms with van der Waals surface area (Å²) in [4.78, 5) is 14.2. The van der Waals surface area contributed by atoms with Crippen LogP contribution >= 0.6 is 51.2 Å². The van der Waals surface area contributed by atoms with Crippen LogP contribution in [0.3, 0.4) is 0 Å². The monoisotopic (exact) mass is 345 g/mol. The second-order valence-corrected chi connectivity index (χ2v) is 7.23. The van der Waals surface area contributed by atoms with Crippen LogP contribution < -0.4 is 0 Å². The zero-order valence-corrected chi connectivity index (χ0v) is 12.7. The highest BCUT2D eigenvalue weighted by atomic mass is 79.9. The van der Waals surface area contributed by atoms with Crippen LogP contribution in [0.2, 0.25) is 0 Å². The van der Waals surface area contributed by atoms with Crippen molar-refractivity contribution in [2.75, 3.05) is 6.54 Å². The highest BCUT2D eigenvalue weighted by Crippen LogP contribution is 2.33. The highest BCUT2D eigenvalue weighted by Gasteiger charge is 2.30. The maximum Gasteiger partial charge on any atom is 0.266 e. The van der Waals surface area contributed by atoms with E-state index in [1.54, 1.807) is 22.3 Å². The maximum absolute atomic E-state index is 12.0. The summed E-state index contributed by atoms with van der Waals surface area (Å²) in [6, 6.07) is 1.98. The third-order valence-corrected chi connectivity index (χ3v) is 4.97.